The number of carbonyl (C=O) groups excluding carboxylic acids is 4. The molecule has 3 N–H and O–H groups in total. The number of aromatic amines is 1. The minimum atomic E-state index is -0.737. The number of imidazole rings is 1. The van der Waals surface area contributed by atoms with Crippen LogP contribution in [0.2, 0.25) is 0 Å². The number of rotatable bonds is 10. The van der Waals surface area contributed by atoms with E-state index in [1.165, 1.54) is 14.2 Å². The van der Waals surface area contributed by atoms with E-state index < -0.39 is 24.3 Å². The highest BCUT2D eigenvalue weighted by molar-refractivity contribution is 6.04. The molecule has 0 spiro atoms. The zero-order valence-electron chi connectivity index (χ0n) is 34.3. The highest BCUT2D eigenvalue weighted by atomic mass is 16.5. The van der Waals surface area contributed by atoms with Gasteiger partial charge in [-0.3, -0.25) is 19.4 Å². The molecule has 16 nitrogen and oxygen atoms in total. The van der Waals surface area contributed by atoms with Crippen LogP contribution < -0.4 is 16.1 Å². The molecule has 4 amide bonds. The summed E-state index contributed by atoms with van der Waals surface area (Å²) in [6.45, 7) is 5.95. The lowest BCUT2D eigenvalue weighted by Crippen LogP contribution is -2.55. The van der Waals surface area contributed by atoms with Crippen LogP contribution >= 0.6 is 0 Å². The average molecular weight is 822 g/mol. The molecular weight excluding hydrogens is 771 g/mol. The van der Waals surface area contributed by atoms with Gasteiger partial charge in [0.25, 0.3) is 0 Å². The van der Waals surface area contributed by atoms with Crippen LogP contribution in [0.25, 0.3) is 38.8 Å². The van der Waals surface area contributed by atoms with Crippen molar-refractivity contribution in [2.24, 2.45) is 16.8 Å². The van der Waals surface area contributed by atoms with Crippen LogP contribution in [0.1, 0.15) is 76.2 Å². The Bertz CT molecular complexity index is 2430. The first-order valence-corrected chi connectivity index (χ1v) is 20.7. The van der Waals surface area contributed by atoms with Gasteiger partial charge in [-0.2, -0.15) is 0 Å². The van der Waals surface area contributed by atoms with Crippen molar-refractivity contribution in [2.75, 3.05) is 40.5 Å². The van der Waals surface area contributed by atoms with Crippen molar-refractivity contribution in [1.82, 2.24) is 30.4 Å². The van der Waals surface area contributed by atoms with Crippen molar-refractivity contribution < 1.29 is 37.8 Å². The second-order valence-corrected chi connectivity index (χ2v) is 16.3. The number of allylic oxidation sites excluding steroid dienone is 1. The van der Waals surface area contributed by atoms with E-state index in [2.05, 4.69) is 20.6 Å². The third-order valence-corrected chi connectivity index (χ3v) is 12.3. The van der Waals surface area contributed by atoms with Gasteiger partial charge in [0, 0.05) is 50.2 Å². The molecule has 0 aliphatic carbocycles. The molecule has 4 aliphatic heterocycles. The van der Waals surface area contributed by atoms with E-state index in [0.29, 0.717) is 85.4 Å². The molecule has 60 heavy (non-hydrogen) atoms. The van der Waals surface area contributed by atoms with E-state index in [0.717, 1.165) is 41.7 Å². The van der Waals surface area contributed by atoms with Gasteiger partial charge in [0.1, 0.15) is 29.1 Å². The molecule has 3 fully saturated rings. The Kier molecular flexibility index (Phi) is 11.7. The maximum absolute atomic E-state index is 14.0. The number of aromatic nitrogens is 2. The summed E-state index contributed by atoms with van der Waals surface area (Å²) < 4.78 is 21.5. The third-order valence-electron chi connectivity index (χ3n) is 12.3. The molecule has 4 aromatic rings. The normalized spacial score (nSPS) is 20.6. The largest absolute Gasteiger partial charge is 0.456 e. The maximum Gasteiger partial charge on any atom is 0.407 e. The van der Waals surface area contributed by atoms with Crippen LogP contribution in [0.15, 0.2) is 63.0 Å². The molecule has 2 aromatic carbocycles. The number of alkyl carbamates (subject to hydrolysis) is 2. The fourth-order valence-electron chi connectivity index (χ4n) is 9.07. The predicted molar refractivity (Wildman–Crippen MR) is 223 cm³/mol. The summed E-state index contributed by atoms with van der Waals surface area (Å²) in [7, 11) is 2.57. The zero-order chi connectivity index (χ0) is 42.1. The molecule has 0 unspecified atom stereocenters. The van der Waals surface area contributed by atoms with E-state index in [9.17, 15) is 24.0 Å². The second kappa shape index (κ2) is 17.3. The predicted octanol–water partition coefficient (Wildman–Crippen LogP) is 5.71. The average Bonchev–Trinajstić information content (AvgIpc) is 4.11. The quantitative estimate of drug-likeness (QED) is 0.167. The fourth-order valence-corrected chi connectivity index (χ4v) is 9.07. The maximum atomic E-state index is 14.0. The minimum Gasteiger partial charge on any atom is -0.456 e. The summed E-state index contributed by atoms with van der Waals surface area (Å²) in [6, 6.07) is 9.06. The number of aliphatic imine (C=N–C) groups is 1. The lowest BCUT2D eigenvalue weighted by Gasteiger charge is -2.34. The van der Waals surface area contributed by atoms with E-state index >= 15 is 0 Å². The van der Waals surface area contributed by atoms with Crippen molar-refractivity contribution in [3.05, 3.63) is 70.4 Å². The number of methoxy groups -OCH3 is 2. The molecule has 0 bridgehead atoms. The van der Waals surface area contributed by atoms with Crippen molar-refractivity contribution >= 4 is 57.2 Å². The molecular formula is C44H51N7O9. The summed E-state index contributed by atoms with van der Waals surface area (Å²) in [6.07, 6.45) is 7.25. The van der Waals surface area contributed by atoms with Crippen molar-refractivity contribution in [3.63, 3.8) is 0 Å². The summed E-state index contributed by atoms with van der Waals surface area (Å²) in [5, 5.41) is 6.35. The summed E-state index contributed by atoms with van der Waals surface area (Å²) >= 11 is 0. The summed E-state index contributed by atoms with van der Waals surface area (Å²) in [5.41, 5.74) is 4.88. The first-order valence-electron chi connectivity index (χ1n) is 20.7. The number of hydrogen-bond donors (Lipinski definition) is 3. The zero-order valence-corrected chi connectivity index (χ0v) is 34.3. The number of hydrogen-bond acceptors (Lipinski definition) is 11. The van der Waals surface area contributed by atoms with Gasteiger partial charge >= 0.3 is 12.2 Å². The first-order chi connectivity index (χ1) is 29.0. The van der Waals surface area contributed by atoms with Gasteiger partial charge in [0.2, 0.25) is 17.2 Å². The molecule has 16 heteroatoms. The van der Waals surface area contributed by atoms with Gasteiger partial charge < -0.3 is 44.0 Å². The number of nitrogens with zero attached hydrogens (tertiary/aromatic N) is 4. The van der Waals surface area contributed by atoms with Gasteiger partial charge in [-0.1, -0.05) is 19.9 Å². The Balaban J connectivity index is 0.973. The smallest absolute Gasteiger partial charge is 0.407 e. The third kappa shape index (κ3) is 7.99. The van der Waals surface area contributed by atoms with E-state index in [1.807, 2.05) is 43.1 Å². The van der Waals surface area contributed by atoms with Crippen LogP contribution in [-0.4, -0.2) is 108 Å². The lowest BCUT2D eigenvalue weighted by molar-refractivity contribution is -0.136. The molecule has 4 atom stereocenters. The number of nitrogens with one attached hydrogen (secondary N) is 3. The van der Waals surface area contributed by atoms with Crippen molar-refractivity contribution in [1.29, 1.82) is 0 Å². The number of likely N-dealkylation sites (tertiary alicyclic amines) is 2. The molecule has 6 heterocycles. The van der Waals surface area contributed by atoms with Gasteiger partial charge in [0.15, 0.2) is 0 Å². The Labute approximate surface area is 346 Å². The Morgan fingerprint density at radius 3 is 2.27 bits per heavy atom. The molecule has 0 saturated carbocycles. The van der Waals surface area contributed by atoms with E-state index in [-0.39, 0.29) is 41.2 Å². The Morgan fingerprint density at radius 2 is 1.53 bits per heavy atom. The number of ether oxygens (including phenoxy) is 3. The first kappa shape index (κ1) is 40.7. The number of fused-ring (bicyclic) bond motifs is 2. The number of amides is 4. The molecule has 316 valence electrons. The monoisotopic (exact) mass is 821 g/mol. The van der Waals surface area contributed by atoms with Crippen molar-refractivity contribution in [3.8, 4) is 11.3 Å². The molecule has 4 aliphatic rings. The van der Waals surface area contributed by atoms with Crippen LogP contribution in [0, 0.1) is 11.8 Å². The topological polar surface area (TPSA) is 198 Å². The van der Waals surface area contributed by atoms with E-state index in [1.54, 1.807) is 29.3 Å². The summed E-state index contributed by atoms with van der Waals surface area (Å²) in [4.78, 5) is 82.3. The Morgan fingerprint density at radius 1 is 0.833 bits per heavy atom. The molecule has 8 rings (SSSR count). The highest BCUT2D eigenvalue weighted by Crippen LogP contribution is 2.35. The Hall–Kier alpha value is -6.03. The van der Waals surface area contributed by atoms with E-state index in [4.69, 9.17) is 23.6 Å². The van der Waals surface area contributed by atoms with Crippen molar-refractivity contribution in [2.45, 2.75) is 83.0 Å². The van der Waals surface area contributed by atoms with Gasteiger partial charge in [-0.25, -0.2) is 14.6 Å². The molecule has 2 aromatic heterocycles. The van der Waals surface area contributed by atoms with Gasteiger partial charge in [0.05, 0.1) is 49.0 Å². The minimum absolute atomic E-state index is 0.0477. The van der Waals surface area contributed by atoms with Crippen LogP contribution in [0.5, 0.6) is 0 Å². The van der Waals surface area contributed by atoms with Gasteiger partial charge in [-0.15, -0.1) is 0 Å². The van der Waals surface area contributed by atoms with Crippen LogP contribution in [0.3, 0.4) is 0 Å². The molecule has 3 saturated heterocycles. The van der Waals surface area contributed by atoms with Crippen LogP contribution in [0.4, 0.5) is 9.59 Å². The number of carbonyl (C=O) groups is 4. The van der Waals surface area contributed by atoms with Gasteiger partial charge in [-0.05, 0) is 91.8 Å². The fraction of sp³-hybridized carbons (Fsp3) is 0.477. The highest BCUT2D eigenvalue weighted by Gasteiger charge is 2.41. The lowest BCUT2D eigenvalue weighted by atomic mass is 9.90. The number of H-pyrrole nitrogens is 1. The second-order valence-electron chi connectivity index (χ2n) is 16.3. The SMILES string of the molecule is COC(=O)N[C@H](C(=O)N1CCC[C@H]1c1ncc(-c2ccc3oc4cc(C5=CN=C([C@@H]6CCCN6C(=O)[C@@H](NC(=O)OC)C6CCOCC6)C5)ccc4c(=O)c3c2)[nH]1)C(C)C. The summed E-state index contributed by atoms with van der Waals surface area (Å²) in [5.74, 6) is 0.120. The number of benzene rings is 2. The molecule has 0 radical (unpaired) electrons. The van der Waals surface area contributed by atoms with Crippen LogP contribution in [-0.2, 0) is 23.8 Å². The standard InChI is InChI=1S/C44H51N7O9/c1-24(2)37(48-43(55)57-3)41(53)51-16-6-8-34(51)40-46-23-32(47-40)27-10-12-35-30(19-27)39(52)29-11-9-26(21-36(29)60-35)28-20-31(45-22-28)33-7-5-15-50(33)42(54)38(49-44(56)58-4)25-13-17-59-18-14-25/h9-12,19,21-25,33-34,37-38H,5-8,13-18,20H2,1-4H3,(H,46,47)(H,48,55)(H,49,56)/t33-,34-,37-,38-/m0/s1.